The summed E-state index contributed by atoms with van der Waals surface area (Å²) < 4.78 is 2.38. The number of benzene rings is 11. The van der Waals surface area contributed by atoms with E-state index in [-0.39, 0.29) is 0 Å². The summed E-state index contributed by atoms with van der Waals surface area (Å²) >= 11 is 0. The number of fused-ring (bicyclic) bond motifs is 11. The Hall–Kier alpha value is -8.40. The molecule has 0 N–H and O–H groups in total. The summed E-state index contributed by atoms with van der Waals surface area (Å²) in [6, 6.07) is 79.2. The Labute approximate surface area is 363 Å². The molecule has 2 heterocycles. The summed E-state index contributed by atoms with van der Waals surface area (Å²) in [5.74, 6) is 0. The first kappa shape index (κ1) is 35.4. The number of hydrogen-bond donors (Lipinski definition) is 0. The fraction of sp³-hybridized carbons (Fsp3) is 0. The van der Waals surface area contributed by atoms with Crippen molar-refractivity contribution in [2.45, 2.75) is 0 Å². The van der Waals surface area contributed by atoms with Crippen LogP contribution in [0.5, 0.6) is 0 Å². The van der Waals surface area contributed by atoms with Crippen LogP contribution < -0.4 is 0 Å². The fourth-order valence-electron chi connectivity index (χ4n) is 9.84. The molecule has 0 atom stereocenters. The average Bonchev–Trinajstić information content (AvgIpc) is 3.69. The number of nitrogens with zero attached hydrogens (tertiary/aromatic N) is 3. The van der Waals surface area contributed by atoms with Gasteiger partial charge >= 0.3 is 0 Å². The Morgan fingerprint density at radius 2 is 0.746 bits per heavy atom. The molecular formula is C60H37N3. The van der Waals surface area contributed by atoms with E-state index in [0.717, 1.165) is 38.6 Å². The smallest absolute Gasteiger partial charge is 0.0979 e. The molecule has 11 aromatic carbocycles. The van der Waals surface area contributed by atoms with Crippen molar-refractivity contribution >= 4 is 75.9 Å². The summed E-state index contributed by atoms with van der Waals surface area (Å²) in [5, 5.41) is 12.1. The van der Waals surface area contributed by atoms with E-state index in [1.807, 2.05) is 6.20 Å². The van der Waals surface area contributed by atoms with Gasteiger partial charge in [-0.25, -0.2) is 4.98 Å². The highest BCUT2D eigenvalue weighted by molar-refractivity contribution is 6.23. The van der Waals surface area contributed by atoms with Gasteiger partial charge in [-0.2, -0.15) is 0 Å². The monoisotopic (exact) mass is 799 g/mol. The van der Waals surface area contributed by atoms with Crippen LogP contribution in [0.3, 0.4) is 0 Å². The normalized spacial score (nSPS) is 11.8. The van der Waals surface area contributed by atoms with Crippen LogP contribution in [-0.4, -0.2) is 14.5 Å². The van der Waals surface area contributed by atoms with Gasteiger partial charge in [-0.05, 0) is 120 Å². The molecule has 0 aliphatic heterocycles. The molecule has 292 valence electrons. The third kappa shape index (κ3) is 5.82. The van der Waals surface area contributed by atoms with Crippen molar-refractivity contribution in [2.75, 3.05) is 0 Å². The van der Waals surface area contributed by atoms with Gasteiger partial charge in [-0.3, -0.25) is 4.98 Å². The first-order valence-electron chi connectivity index (χ1n) is 21.5. The van der Waals surface area contributed by atoms with Crippen molar-refractivity contribution in [3.63, 3.8) is 0 Å². The second-order valence-corrected chi connectivity index (χ2v) is 16.6. The third-order valence-electron chi connectivity index (χ3n) is 13.0. The van der Waals surface area contributed by atoms with Crippen molar-refractivity contribution in [1.29, 1.82) is 0 Å². The van der Waals surface area contributed by atoms with E-state index in [4.69, 9.17) is 9.97 Å². The molecular weight excluding hydrogens is 763 g/mol. The molecule has 3 heteroatoms. The van der Waals surface area contributed by atoms with Gasteiger partial charge in [-0.15, -0.1) is 0 Å². The average molecular weight is 800 g/mol. The number of aromatic nitrogens is 3. The van der Waals surface area contributed by atoms with E-state index in [9.17, 15) is 0 Å². The molecule has 0 spiro atoms. The number of para-hydroxylation sites is 2. The number of hydrogen-bond acceptors (Lipinski definition) is 2. The van der Waals surface area contributed by atoms with E-state index in [1.165, 1.54) is 87.6 Å². The molecule has 0 radical (unpaired) electrons. The maximum Gasteiger partial charge on any atom is 0.0979 e. The molecule has 0 aliphatic carbocycles. The van der Waals surface area contributed by atoms with E-state index < -0.39 is 0 Å². The van der Waals surface area contributed by atoms with Crippen LogP contribution in [-0.2, 0) is 0 Å². The third-order valence-corrected chi connectivity index (χ3v) is 13.0. The Bertz CT molecular complexity index is 3940. The van der Waals surface area contributed by atoms with E-state index in [1.54, 1.807) is 0 Å². The SMILES string of the molecule is c1ccc(-n2c3ccccc3c3ccc(-c4ccc5cc(-c6ccc7cc(-c8cccc(-c9cnc%10c%11ccccc%11c%11ccccc%11c%10n9)c8)ccc7c6)ccc5c4)cc32)cc1. The quantitative estimate of drug-likeness (QED) is 0.162. The Morgan fingerprint density at radius 1 is 0.286 bits per heavy atom. The first-order valence-corrected chi connectivity index (χ1v) is 21.5. The Balaban J connectivity index is 0.804. The standard InChI is InChI=1S/C60H37N3/c1-2-13-49(14-3-1)63-57-20-9-8-17-52(57)53-30-29-47(36-58(53)63)46-28-27-44-33-43(25-26-45(44)34-46)42-24-23-40-31-39(21-22-41(40)32-42)38-11-10-12-48(35-38)56-37-61-59-54-18-6-4-15-50(54)51-16-5-7-19-55(51)60(59)62-56/h1-37H. The molecule has 13 aromatic rings. The fourth-order valence-corrected chi connectivity index (χ4v) is 9.84. The van der Waals surface area contributed by atoms with E-state index in [0.29, 0.717) is 0 Å². The topological polar surface area (TPSA) is 30.7 Å². The van der Waals surface area contributed by atoms with Crippen molar-refractivity contribution in [1.82, 2.24) is 14.5 Å². The van der Waals surface area contributed by atoms with Crippen LogP contribution in [0, 0.1) is 0 Å². The largest absolute Gasteiger partial charge is 0.309 e. The molecule has 0 saturated carbocycles. The summed E-state index contributed by atoms with van der Waals surface area (Å²) in [6.07, 6.45) is 1.92. The molecule has 63 heavy (non-hydrogen) atoms. The van der Waals surface area contributed by atoms with Crippen LogP contribution in [0.4, 0.5) is 0 Å². The van der Waals surface area contributed by atoms with Gasteiger partial charge < -0.3 is 4.57 Å². The lowest BCUT2D eigenvalue weighted by Gasteiger charge is -2.11. The summed E-state index contributed by atoms with van der Waals surface area (Å²) in [4.78, 5) is 10.3. The van der Waals surface area contributed by atoms with Crippen molar-refractivity contribution in [2.24, 2.45) is 0 Å². The van der Waals surface area contributed by atoms with Crippen LogP contribution in [0.15, 0.2) is 225 Å². The predicted octanol–water partition coefficient (Wildman–Crippen LogP) is 16.0. The molecule has 0 aliphatic rings. The van der Waals surface area contributed by atoms with Gasteiger partial charge in [0.1, 0.15) is 0 Å². The highest BCUT2D eigenvalue weighted by Gasteiger charge is 2.15. The van der Waals surface area contributed by atoms with Gasteiger partial charge in [-0.1, -0.05) is 164 Å². The zero-order chi connectivity index (χ0) is 41.4. The predicted molar refractivity (Wildman–Crippen MR) is 266 cm³/mol. The summed E-state index contributed by atoms with van der Waals surface area (Å²) in [6.45, 7) is 0. The molecule has 2 aromatic heterocycles. The minimum Gasteiger partial charge on any atom is -0.309 e. The molecule has 0 bridgehead atoms. The minimum atomic E-state index is 0.867. The lowest BCUT2D eigenvalue weighted by Crippen LogP contribution is -1.93. The van der Waals surface area contributed by atoms with Crippen LogP contribution in [0.1, 0.15) is 0 Å². The second kappa shape index (κ2) is 14.1. The van der Waals surface area contributed by atoms with Crippen molar-refractivity contribution < 1.29 is 0 Å². The van der Waals surface area contributed by atoms with Gasteiger partial charge in [0.25, 0.3) is 0 Å². The summed E-state index contributed by atoms with van der Waals surface area (Å²) in [7, 11) is 0. The lowest BCUT2D eigenvalue weighted by atomic mass is 9.95. The lowest BCUT2D eigenvalue weighted by molar-refractivity contribution is 1.18. The molecule has 3 nitrogen and oxygen atoms in total. The van der Waals surface area contributed by atoms with Crippen LogP contribution in [0.25, 0.3) is 126 Å². The highest BCUT2D eigenvalue weighted by Crippen LogP contribution is 2.38. The molecule has 0 saturated heterocycles. The van der Waals surface area contributed by atoms with E-state index in [2.05, 4.69) is 223 Å². The maximum atomic E-state index is 5.25. The Kier molecular flexibility index (Phi) is 7.91. The first-order chi connectivity index (χ1) is 31.2. The molecule has 13 rings (SSSR count). The van der Waals surface area contributed by atoms with Gasteiger partial charge in [0, 0.05) is 32.8 Å². The zero-order valence-electron chi connectivity index (χ0n) is 34.2. The summed E-state index contributed by atoms with van der Waals surface area (Å²) in [5.41, 5.74) is 14.5. The van der Waals surface area contributed by atoms with Crippen LogP contribution in [0.2, 0.25) is 0 Å². The molecule has 0 unspecified atom stereocenters. The zero-order valence-corrected chi connectivity index (χ0v) is 34.2. The van der Waals surface area contributed by atoms with Gasteiger partial charge in [0.2, 0.25) is 0 Å². The van der Waals surface area contributed by atoms with Crippen LogP contribution >= 0.6 is 0 Å². The Morgan fingerprint density at radius 3 is 1.37 bits per heavy atom. The van der Waals surface area contributed by atoms with E-state index >= 15 is 0 Å². The molecule has 0 amide bonds. The second-order valence-electron chi connectivity index (χ2n) is 16.6. The highest BCUT2D eigenvalue weighted by atomic mass is 15.0. The molecule has 0 fully saturated rings. The van der Waals surface area contributed by atoms with Gasteiger partial charge in [0.15, 0.2) is 0 Å². The van der Waals surface area contributed by atoms with Gasteiger partial charge in [0.05, 0.1) is 34.0 Å². The van der Waals surface area contributed by atoms with Crippen molar-refractivity contribution in [3.8, 4) is 50.3 Å². The number of rotatable bonds is 5. The maximum absolute atomic E-state index is 5.25. The van der Waals surface area contributed by atoms with Crippen molar-refractivity contribution in [3.05, 3.63) is 225 Å². The minimum absolute atomic E-state index is 0.867.